The number of hydrogen-bond acceptors (Lipinski definition) is 2. The van der Waals surface area contributed by atoms with Gasteiger partial charge in [0.15, 0.2) is 11.6 Å². The van der Waals surface area contributed by atoms with Crippen molar-refractivity contribution in [2.75, 3.05) is 0 Å². The van der Waals surface area contributed by atoms with Crippen molar-refractivity contribution < 1.29 is 13.6 Å². The predicted octanol–water partition coefficient (Wildman–Crippen LogP) is 3.00. The zero-order valence-corrected chi connectivity index (χ0v) is 10.5. The van der Waals surface area contributed by atoms with Crippen LogP contribution >= 0.6 is 0 Å². The van der Waals surface area contributed by atoms with Gasteiger partial charge in [0.05, 0.1) is 6.21 Å². The molecule has 102 valence electrons. The van der Waals surface area contributed by atoms with Gasteiger partial charge in [0.25, 0.3) is 0 Å². The molecular formula is C14H16F2N2O. The largest absolute Gasteiger partial charge is 0.273 e. The lowest BCUT2D eigenvalue weighted by molar-refractivity contribution is -0.125. The maximum atomic E-state index is 13.3. The summed E-state index contributed by atoms with van der Waals surface area (Å²) in [7, 11) is 0. The second kappa shape index (κ2) is 6.41. The number of amides is 1. The summed E-state index contributed by atoms with van der Waals surface area (Å²) in [6.45, 7) is 0. The lowest BCUT2D eigenvalue weighted by Gasteiger charge is -2.19. The van der Waals surface area contributed by atoms with Crippen LogP contribution in [0.15, 0.2) is 23.3 Å². The second-order valence-electron chi connectivity index (χ2n) is 4.71. The summed E-state index contributed by atoms with van der Waals surface area (Å²) >= 11 is 0. The van der Waals surface area contributed by atoms with E-state index in [2.05, 4.69) is 10.5 Å². The van der Waals surface area contributed by atoms with E-state index in [-0.39, 0.29) is 17.4 Å². The van der Waals surface area contributed by atoms with E-state index in [9.17, 15) is 13.6 Å². The van der Waals surface area contributed by atoms with Crippen molar-refractivity contribution in [1.82, 2.24) is 5.43 Å². The minimum absolute atomic E-state index is 0.0109. The smallest absolute Gasteiger partial charge is 0.243 e. The molecule has 1 N–H and O–H groups in total. The average molecular weight is 266 g/mol. The van der Waals surface area contributed by atoms with Crippen molar-refractivity contribution in [2.24, 2.45) is 11.0 Å². The highest BCUT2D eigenvalue weighted by molar-refractivity contribution is 5.83. The van der Waals surface area contributed by atoms with E-state index < -0.39 is 11.6 Å². The van der Waals surface area contributed by atoms with Crippen LogP contribution in [0.5, 0.6) is 0 Å². The summed E-state index contributed by atoms with van der Waals surface area (Å²) in [6.07, 6.45) is 6.15. The van der Waals surface area contributed by atoms with E-state index in [1.54, 1.807) is 0 Å². The molecule has 0 bridgehead atoms. The van der Waals surface area contributed by atoms with Crippen LogP contribution in [-0.4, -0.2) is 12.1 Å². The van der Waals surface area contributed by atoms with Crippen molar-refractivity contribution in [1.29, 1.82) is 0 Å². The molecule has 1 saturated carbocycles. The fourth-order valence-corrected chi connectivity index (χ4v) is 2.24. The summed E-state index contributed by atoms with van der Waals surface area (Å²) in [6, 6.07) is 3.82. The normalized spacial score (nSPS) is 16.7. The van der Waals surface area contributed by atoms with Gasteiger partial charge in [0, 0.05) is 11.5 Å². The summed E-state index contributed by atoms with van der Waals surface area (Å²) in [5.74, 6) is -2.04. The van der Waals surface area contributed by atoms with Gasteiger partial charge in [-0.1, -0.05) is 31.4 Å². The number of halogens is 2. The van der Waals surface area contributed by atoms with Gasteiger partial charge in [0.2, 0.25) is 5.91 Å². The zero-order chi connectivity index (χ0) is 13.7. The second-order valence-corrected chi connectivity index (χ2v) is 4.71. The van der Waals surface area contributed by atoms with Gasteiger partial charge < -0.3 is 0 Å². The summed E-state index contributed by atoms with van der Waals surface area (Å²) in [4.78, 5) is 11.7. The van der Waals surface area contributed by atoms with Crippen LogP contribution in [0.25, 0.3) is 0 Å². The van der Waals surface area contributed by atoms with Crippen molar-refractivity contribution in [3.63, 3.8) is 0 Å². The third kappa shape index (κ3) is 3.59. The minimum Gasteiger partial charge on any atom is -0.273 e. The molecule has 1 amide bonds. The molecule has 1 fully saturated rings. The molecule has 1 aromatic rings. The third-order valence-electron chi connectivity index (χ3n) is 3.34. The molecule has 0 atom stereocenters. The van der Waals surface area contributed by atoms with Crippen LogP contribution < -0.4 is 5.43 Å². The van der Waals surface area contributed by atoms with Gasteiger partial charge in [-0.05, 0) is 18.9 Å². The first-order chi connectivity index (χ1) is 9.18. The highest BCUT2D eigenvalue weighted by Gasteiger charge is 2.20. The van der Waals surface area contributed by atoms with Crippen LogP contribution in [0.1, 0.15) is 37.7 Å². The number of carbonyl (C=O) groups is 1. The zero-order valence-electron chi connectivity index (χ0n) is 10.5. The third-order valence-corrected chi connectivity index (χ3v) is 3.34. The molecule has 1 aromatic carbocycles. The Kier molecular flexibility index (Phi) is 4.60. The maximum absolute atomic E-state index is 13.3. The van der Waals surface area contributed by atoms with Gasteiger partial charge in [-0.25, -0.2) is 14.2 Å². The lowest BCUT2D eigenvalue weighted by Crippen LogP contribution is -2.28. The Labute approximate surface area is 110 Å². The first-order valence-corrected chi connectivity index (χ1v) is 6.45. The van der Waals surface area contributed by atoms with Crippen LogP contribution in [0.4, 0.5) is 8.78 Å². The Balaban J connectivity index is 1.92. The topological polar surface area (TPSA) is 41.5 Å². The first-order valence-electron chi connectivity index (χ1n) is 6.45. The molecule has 0 unspecified atom stereocenters. The van der Waals surface area contributed by atoms with E-state index in [1.807, 2.05) is 0 Å². The summed E-state index contributed by atoms with van der Waals surface area (Å²) in [5, 5.41) is 3.69. The van der Waals surface area contributed by atoms with E-state index >= 15 is 0 Å². The molecule has 1 aliphatic rings. The van der Waals surface area contributed by atoms with Gasteiger partial charge in [-0.2, -0.15) is 5.10 Å². The standard InChI is InChI=1S/C14H16F2N2O/c15-12-8-4-7-11(13(12)16)9-17-18-14(19)10-5-2-1-3-6-10/h4,7-10H,1-3,5-6H2,(H,18,19)/b17-9+. The van der Waals surface area contributed by atoms with E-state index in [4.69, 9.17) is 0 Å². The van der Waals surface area contributed by atoms with E-state index in [0.717, 1.165) is 38.0 Å². The molecule has 3 nitrogen and oxygen atoms in total. The molecule has 0 radical (unpaired) electrons. The molecule has 1 aliphatic carbocycles. The maximum Gasteiger partial charge on any atom is 0.243 e. The summed E-state index contributed by atoms with van der Waals surface area (Å²) < 4.78 is 26.2. The van der Waals surface area contributed by atoms with Crippen LogP contribution in [0, 0.1) is 17.6 Å². The van der Waals surface area contributed by atoms with Crippen molar-refractivity contribution in [3.8, 4) is 0 Å². The van der Waals surface area contributed by atoms with Gasteiger partial charge >= 0.3 is 0 Å². The minimum atomic E-state index is -0.960. The number of hydrogen-bond donors (Lipinski definition) is 1. The monoisotopic (exact) mass is 266 g/mol. The molecule has 0 aromatic heterocycles. The van der Waals surface area contributed by atoms with Gasteiger partial charge in [0.1, 0.15) is 0 Å². The van der Waals surface area contributed by atoms with E-state index in [1.165, 1.54) is 18.6 Å². The molecule has 19 heavy (non-hydrogen) atoms. The Morgan fingerprint density at radius 3 is 2.74 bits per heavy atom. The molecule has 0 saturated heterocycles. The van der Waals surface area contributed by atoms with Crippen molar-refractivity contribution in [2.45, 2.75) is 32.1 Å². The highest BCUT2D eigenvalue weighted by Crippen LogP contribution is 2.23. The van der Waals surface area contributed by atoms with Gasteiger partial charge in [-0.3, -0.25) is 4.79 Å². The summed E-state index contributed by atoms with van der Waals surface area (Å²) in [5.41, 5.74) is 2.41. The molecular weight excluding hydrogens is 250 g/mol. The fraction of sp³-hybridized carbons (Fsp3) is 0.429. The number of benzene rings is 1. The number of hydrazone groups is 1. The average Bonchev–Trinajstić information content (AvgIpc) is 2.44. The van der Waals surface area contributed by atoms with Crippen molar-refractivity contribution in [3.05, 3.63) is 35.4 Å². The first kappa shape index (κ1) is 13.6. The molecule has 0 aliphatic heterocycles. The fourth-order valence-electron chi connectivity index (χ4n) is 2.24. The quantitative estimate of drug-likeness (QED) is 0.663. The lowest BCUT2D eigenvalue weighted by atomic mass is 9.89. The molecule has 0 spiro atoms. The Morgan fingerprint density at radius 1 is 1.26 bits per heavy atom. The number of nitrogens with zero attached hydrogens (tertiary/aromatic N) is 1. The number of carbonyl (C=O) groups excluding carboxylic acids is 1. The highest BCUT2D eigenvalue weighted by atomic mass is 19.2. The predicted molar refractivity (Wildman–Crippen MR) is 68.7 cm³/mol. The molecule has 0 heterocycles. The number of rotatable bonds is 3. The number of nitrogens with one attached hydrogen (secondary N) is 1. The van der Waals surface area contributed by atoms with Crippen LogP contribution in [0.2, 0.25) is 0 Å². The Hall–Kier alpha value is -1.78. The van der Waals surface area contributed by atoms with Crippen LogP contribution in [-0.2, 0) is 4.79 Å². The van der Waals surface area contributed by atoms with Gasteiger partial charge in [-0.15, -0.1) is 0 Å². The molecule has 2 rings (SSSR count). The van der Waals surface area contributed by atoms with Crippen LogP contribution in [0.3, 0.4) is 0 Å². The van der Waals surface area contributed by atoms with Crippen molar-refractivity contribution >= 4 is 12.1 Å². The Morgan fingerprint density at radius 2 is 2.00 bits per heavy atom. The van der Waals surface area contributed by atoms with E-state index in [0.29, 0.717) is 0 Å². The SMILES string of the molecule is O=C(N/N=C/c1cccc(F)c1F)C1CCCCC1. The Bertz CT molecular complexity index is 482. The molecule has 5 heteroatoms.